The van der Waals surface area contributed by atoms with Crippen LogP contribution >= 0.6 is 11.6 Å². The predicted molar refractivity (Wildman–Crippen MR) is 70.0 cm³/mol. The quantitative estimate of drug-likeness (QED) is 0.863. The van der Waals surface area contributed by atoms with Crippen molar-refractivity contribution in [2.45, 2.75) is 26.3 Å². The van der Waals surface area contributed by atoms with Crippen LogP contribution in [0.4, 0.5) is 5.69 Å². The summed E-state index contributed by atoms with van der Waals surface area (Å²) in [5, 5.41) is 12.5. The molecule has 94 valence electrons. The van der Waals surface area contributed by atoms with Gasteiger partial charge in [-0.15, -0.1) is 5.10 Å². The van der Waals surface area contributed by atoms with E-state index in [1.54, 1.807) is 18.2 Å². The van der Waals surface area contributed by atoms with Crippen LogP contribution in [0, 0.1) is 5.41 Å². The van der Waals surface area contributed by atoms with Gasteiger partial charge >= 0.3 is 0 Å². The Morgan fingerprint density at radius 3 is 2.94 bits per heavy atom. The third kappa shape index (κ3) is 2.06. The summed E-state index contributed by atoms with van der Waals surface area (Å²) in [5.41, 5.74) is 7.72. The van der Waals surface area contributed by atoms with Gasteiger partial charge in [0.25, 0.3) is 0 Å². The van der Waals surface area contributed by atoms with Crippen molar-refractivity contribution >= 4 is 17.3 Å². The second kappa shape index (κ2) is 3.95. The molecule has 1 aliphatic carbocycles. The van der Waals surface area contributed by atoms with Gasteiger partial charge < -0.3 is 5.73 Å². The maximum absolute atomic E-state index is 6.00. The summed E-state index contributed by atoms with van der Waals surface area (Å²) in [6.45, 7) is 3.06. The highest BCUT2D eigenvalue weighted by Gasteiger charge is 2.38. The summed E-state index contributed by atoms with van der Waals surface area (Å²) in [5.74, 6) is 0.683. The molecule has 2 N–H and O–H groups in total. The zero-order chi connectivity index (χ0) is 12.8. The van der Waals surface area contributed by atoms with Gasteiger partial charge in [-0.1, -0.05) is 18.5 Å². The molecule has 0 amide bonds. The molecule has 18 heavy (non-hydrogen) atoms. The number of anilines is 1. The Morgan fingerprint density at radius 2 is 2.22 bits per heavy atom. The van der Waals surface area contributed by atoms with Crippen LogP contribution in [0.3, 0.4) is 0 Å². The number of nitrogens with two attached hydrogens (primary N) is 1. The van der Waals surface area contributed by atoms with Gasteiger partial charge in [0.05, 0.1) is 6.54 Å². The molecule has 0 atom stereocenters. The zero-order valence-electron chi connectivity index (χ0n) is 10.1. The number of nitrogens with zero attached hydrogens (tertiary/aromatic N) is 4. The van der Waals surface area contributed by atoms with Gasteiger partial charge in [0, 0.05) is 16.3 Å². The highest BCUT2D eigenvalue weighted by atomic mass is 35.5. The van der Waals surface area contributed by atoms with E-state index in [1.165, 1.54) is 12.8 Å². The molecule has 0 saturated heterocycles. The second-order valence-electron chi connectivity index (χ2n) is 5.20. The molecule has 6 heteroatoms. The Labute approximate surface area is 110 Å². The molecule has 5 nitrogen and oxygen atoms in total. The first-order valence-corrected chi connectivity index (χ1v) is 6.27. The van der Waals surface area contributed by atoms with Gasteiger partial charge in [0.1, 0.15) is 0 Å². The molecule has 1 aliphatic rings. The Balaban J connectivity index is 2.01. The van der Waals surface area contributed by atoms with E-state index in [2.05, 4.69) is 22.4 Å². The van der Waals surface area contributed by atoms with Gasteiger partial charge in [0.15, 0.2) is 5.82 Å². The first-order chi connectivity index (χ1) is 8.57. The summed E-state index contributed by atoms with van der Waals surface area (Å²) < 4.78 is 1.81. The maximum Gasteiger partial charge on any atom is 0.184 e. The van der Waals surface area contributed by atoms with Crippen molar-refractivity contribution in [3.63, 3.8) is 0 Å². The molecular weight excluding hydrogens is 250 g/mol. The van der Waals surface area contributed by atoms with Gasteiger partial charge in [-0.2, -0.15) is 0 Å². The molecule has 0 radical (unpaired) electrons. The summed E-state index contributed by atoms with van der Waals surface area (Å²) in [7, 11) is 0. The van der Waals surface area contributed by atoms with Crippen molar-refractivity contribution in [2.75, 3.05) is 5.73 Å². The van der Waals surface area contributed by atoms with Gasteiger partial charge in [-0.3, -0.25) is 0 Å². The Kier molecular flexibility index (Phi) is 2.52. The summed E-state index contributed by atoms with van der Waals surface area (Å²) in [6.07, 6.45) is 2.44. The fourth-order valence-corrected chi connectivity index (χ4v) is 2.13. The lowest BCUT2D eigenvalue weighted by atomic mass is 10.1. The number of benzene rings is 1. The molecule has 1 heterocycles. The molecule has 1 fully saturated rings. The van der Waals surface area contributed by atoms with Crippen LogP contribution in [-0.4, -0.2) is 20.2 Å². The Hall–Kier alpha value is -1.62. The summed E-state index contributed by atoms with van der Waals surface area (Å²) in [6, 6.07) is 5.33. The highest BCUT2D eigenvalue weighted by Crippen LogP contribution is 2.46. The van der Waals surface area contributed by atoms with E-state index in [1.807, 2.05) is 4.68 Å². The van der Waals surface area contributed by atoms with E-state index in [0.717, 1.165) is 12.1 Å². The van der Waals surface area contributed by atoms with E-state index in [0.29, 0.717) is 21.9 Å². The van der Waals surface area contributed by atoms with Crippen molar-refractivity contribution in [2.24, 2.45) is 5.41 Å². The molecule has 1 aromatic heterocycles. The first kappa shape index (κ1) is 11.5. The third-order valence-corrected chi connectivity index (χ3v) is 3.66. The maximum atomic E-state index is 6.00. The molecule has 0 aliphatic heterocycles. The molecule has 3 rings (SSSR count). The van der Waals surface area contributed by atoms with E-state index in [4.69, 9.17) is 17.3 Å². The lowest BCUT2D eigenvalue weighted by Gasteiger charge is -2.10. The van der Waals surface area contributed by atoms with Crippen LogP contribution < -0.4 is 5.73 Å². The average Bonchev–Trinajstić information content (AvgIpc) is 2.88. The number of aromatic nitrogens is 4. The van der Waals surface area contributed by atoms with E-state index in [-0.39, 0.29) is 0 Å². The lowest BCUT2D eigenvalue weighted by molar-refractivity contribution is 0.427. The van der Waals surface area contributed by atoms with Crippen molar-refractivity contribution in [3.05, 3.63) is 23.2 Å². The van der Waals surface area contributed by atoms with Crippen molar-refractivity contribution < 1.29 is 0 Å². The smallest absolute Gasteiger partial charge is 0.184 e. The standard InChI is InChI=1S/C12H14ClN5/c1-12(4-5-12)7-18-11(15-16-17-18)9-6-8(13)2-3-10(9)14/h2-3,6H,4-5,7,14H2,1H3. The van der Waals surface area contributed by atoms with Crippen LogP contribution in [0.2, 0.25) is 5.02 Å². The van der Waals surface area contributed by atoms with Gasteiger partial charge in [0.2, 0.25) is 0 Å². The van der Waals surface area contributed by atoms with Crippen LogP contribution in [0.1, 0.15) is 19.8 Å². The topological polar surface area (TPSA) is 69.6 Å². The number of hydrogen-bond donors (Lipinski definition) is 1. The van der Waals surface area contributed by atoms with Crippen molar-refractivity contribution in [1.82, 2.24) is 20.2 Å². The molecule has 0 spiro atoms. The molecule has 0 bridgehead atoms. The largest absolute Gasteiger partial charge is 0.398 e. The number of halogens is 1. The minimum absolute atomic E-state index is 0.331. The third-order valence-electron chi connectivity index (χ3n) is 3.42. The number of rotatable bonds is 3. The molecule has 1 saturated carbocycles. The normalized spacial score (nSPS) is 16.8. The molecule has 2 aromatic rings. The monoisotopic (exact) mass is 263 g/mol. The molecular formula is C12H14ClN5. The summed E-state index contributed by atoms with van der Waals surface area (Å²) in [4.78, 5) is 0. The summed E-state index contributed by atoms with van der Waals surface area (Å²) >= 11 is 6.00. The first-order valence-electron chi connectivity index (χ1n) is 5.89. The minimum atomic E-state index is 0.331. The highest BCUT2D eigenvalue weighted by molar-refractivity contribution is 6.31. The Bertz CT molecular complexity index is 588. The van der Waals surface area contributed by atoms with Gasteiger partial charge in [-0.05, 0) is 46.9 Å². The van der Waals surface area contributed by atoms with Crippen molar-refractivity contribution in [3.8, 4) is 11.4 Å². The van der Waals surface area contributed by atoms with E-state index < -0.39 is 0 Å². The molecule has 1 aromatic carbocycles. The minimum Gasteiger partial charge on any atom is -0.398 e. The van der Waals surface area contributed by atoms with Gasteiger partial charge in [-0.25, -0.2) is 4.68 Å². The number of tetrazole rings is 1. The zero-order valence-corrected chi connectivity index (χ0v) is 10.9. The second-order valence-corrected chi connectivity index (χ2v) is 5.64. The molecule has 0 unspecified atom stereocenters. The van der Waals surface area contributed by atoms with Crippen LogP contribution in [0.15, 0.2) is 18.2 Å². The van der Waals surface area contributed by atoms with Crippen LogP contribution in [-0.2, 0) is 6.54 Å². The number of hydrogen-bond acceptors (Lipinski definition) is 4. The SMILES string of the molecule is CC1(Cn2nnnc2-c2cc(Cl)ccc2N)CC1. The predicted octanol–water partition coefficient (Wildman–Crippen LogP) is 2.38. The van der Waals surface area contributed by atoms with Crippen LogP contribution in [0.25, 0.3) is 11.4 Å². The lowest BCUT2D eigenvalue weighted by Crippen LogP contribution is -2.11. The van der Waals surface area contributed by atoms with E-state index >= 15 is 0 Å². The van der Waals surface area contributed by atoms with E-state index in [9.17, 15) is 0 Å². The average molecular weight is 264 g/mol. The van der Waals surface area contributed by atoms with Crippen molar-refractivity contribution in [1.29, 1.82) is 0 Å². The Morgan fingerprint density at radius 1 is 1.44 bits per heavy atom. The number of nitrogen functional groups attached to an aromatic ring is 1. The van der Waals surface area contributed by atoms with Crippen LogP contribution in [0.5, 0.6) is 0 Å². The fraction of sp³-hybridized carbons (Fsp3) is 0.417. The fourth-order valence-electron chi connectivity index (χ4n) is 1.96.